The van der Waals surface area contributed by atoms with Crippen LogP contribution in [0.15, 0.2) is 18.5 Å². The average molecular weight is 499 g/mol. The van der Waals surface area contributed by atoms with Crippen molar-refractivity contribution in [2.45, 2.75) is 57.5 Å². The zero-order valence-electron chi connectivity index (χ0n) is 20.7. The van der Waals surface area contributed by atoms with E-state index in [1.807, 2.05) is 12.3 Å². The summed E-state index contributed by atoms with van der Waals surface area (Å²) in [5, 5.41) is 32.2. The quantitative estimate of drug-likeness (QED) is 0.266. The van der Waals surface area contributed by atoms with E-state index in [2.05, 4.69) is 37.9 Å². The maximum atomic E-state index is 11.2. The van der Waals surface area contributed by atoms with E-state index in [1.54, 1.807) is 18.0 Å². The highest BCUT2D eigenvalue weighted by Crippen LogP contribution is 2.30. The van der Waals surface area contributed by atoms with Crippen LogP contribution in [0.3, 0.4) is 0 Å². The number of amides is 1. The number of aliphatic hydroxyl groups excluding tert-OH is 1. The molecule has 1 saturated heterocycles. The lowest BCUT2D eigenvalue weighted by atomic mass is 9.93. The molecule has 0 spiro atoms. The van der Waals surface area contributed by atoms with Gasteiger partial charge in [-0.05, 0) is 38.8 Å². The molecule has 0 radical (unpaired) electrons. The highest BCUT2D eigenvalue weighted by Gasteiger charge is 2.21. The fraction of sp³-hybridized carbons (Fsp3) is 0.542. The average Bonchev–Trinajstić information content (AvgIpc) is 3.27. The monoisotopic (exact) mass is 498 g/mol. The zero-order chi connectivity index (χ0) is 25.5. The van der Waals surface area contributed by atoms with Gasteiger partial charge in [-0.15, -0.1) is 0 Å². The molecule has 0 aromatic carbocycles. The number of rotatable bonds is 11. The Hall–Kier alpha value is -3.51. The lowest BCUT2D eigenvalue weighted by Gasteiger charge is -2.23. The summed E-state index contributed by atoms with van der Waals surface area (Å²) in [4.78, 5) is 24.7. The molecule has 3 aromatic rings. The molecule has 0 unspecified atom stereocenters. The predicted molar refractivity (Wildman–Crippen MR) is 136 cm³/mol. The molecular formula is C24H34N8O4. The fourth-order valence-corrected chi connectivity index (χ4v) is 4.65. The Kier molecular flexibility index (Phi) is 8.49. The number of nitrogens with one attached hydrogen (secondary N) is 3. The number of anilines is 2. The highest BCUT2D eigenvalue weighted by atomic mass is 16.5. The van der Waals surface area contributed by atoms with E-state index in [1.165, 1.54) is 0 Å². The van der Waals surface area contributed by atoms with Crippen LogP contribution in [-0.2, 0) is 6.54 Å². The molecule has 1 atom stereocenters. The SMILES string of the molecule is CCC[C@@H](CCO)Nc1nc(NC(=O)O)nc2cnn(Cc3cnc(C4CCNCC4)cc3OC)c12. The van der Waals surface area contributed by atoms with E-state index in [0.717, 1.165) is 55.8 Å². The van der Waals surface area contributed by atoms with Crippen molar-refractivity contribution in [2.75, 3.05) is 37.4 Å². The summed E-state index contributed by atoms with van der Waals surface area (Å²) in [6, 6.07) is 1.97. The number of nitrogens with zero attached hydrogens (tertiary/aromatic N) is 5. The number of carbonyl (C=O) groups is 1. The number of methoxy groups -OCH3 is 1. The van der Waals surface area contributed by atoms with Crippen molar-refractivity contribution in [3.63, 3.8) is 0 Å². The molecule has 4 rings (SSSR count). The normalized spacial score (nSPS) is 15.1. The third-order valence-corrected chi connectivity index (χ3v) is 6.43. The molecule has 194 valence electrons. The van der Waals surface area contributed by atoms with Crippen LogP contribution in [0.1, 0.15) is 56.2 Å². The highest BCUT2D eigenvalue weighted by molar-refractivity contribution is 5.89. The van der Waals surface area contributed by atoms with Gasteiger partial charge in [-0.3, -0.25) is 15.0 Å². The lowest BCUT2D eigenvalue weighted by Crippen LogP contribution is -2.27. The van der Waals surface area contributed by atoms with Gasteiger partial charge < -0.3 is 25.6 Å². The summed E-state index contributed by atoms with van der Waals surface area (Å²) in [5.74, 6) is 1.56. The molecule has 0 bridgehead atoms. The van der Waals surface area contributed by atoms with Crippen LogP contribution < -0.4 is 20.7 Å². The van der Waals surface area contributed by atoms with Crippen molar-refractivity contribution in [1.29, 1.82) is 0 Å². The van der Waals surface area contributed by atoms with E-state index in [4.69, 9.17) is 14.8 Å². The number of aromatic nitrogens is 5. The molecule has 1 amide bonds. The van der Waals surface area contributed by atoms with Crippen LogP contribution in [0.25, 0.3) is 11.0 Å². The number of aliphatic hydroxyl groups is 1. The first kappa shape index (κ1) is 25.6. The molecule has 3 aromatic heterocycles. The number of piperidine rings is 1. The minimum atomic E-state index is -1.25. The van der Waals surface area contributed by atoms with Crippen LogP contribution in [0.5, 0.6) is 5.75 Å². The maximum absolute atomic E-state index is 11.2. The Morgan fingerprint density at radius 3 is 2.78 bits per heavy atom. The van der Waals surface area contributed by atoms with Gasteiger partial charge in [-0.25, -0.2) is 9.78 Å². The molecule has 0 aliphatic carbocycles. The number of fused-ring (bicyclic) bond motifs is 1. The Bertz CT molecular complexity index is 1170. The van der Waals surface area contributed by atoms with Gasteiger partial charge in [0, 0.05) is 42.1 Å². The third kappa shape index (κ3) is 6.00. The summed E-state index contributed by atoms with van der Waals surface area (Å²) in [6.07, 6.45) is 6.53. The molecular weight excluding hydrogens is 464 g/mol. The van der Waals surface area contributed by atoms with Gasteiger partial charge in [0.1, 0.15) is 16.8 Å². The van der Waals surface area contributed by atoms with Crippen LogP contribution in [-0.4, -0.2) is 73.9 Å². The Labute approximate surface area is 209 Å². The van der Waals surface area contributed by atoms with E-state index in [-0.39, 0.29) is 18.6 Å². The van der Waals surface area contributed by atoms with Crippen LogP contribution in [0.2, 0.25) is 0 Å². The number of carboxylic acid groups (broad SMARTS) is 1. The predicted octanol–water partition coefficient (Wildman–Crippen LogP) is 2.80. The lowest BCUT2D eigenvalue weighted by molar-refractivity contribution is 0.209. The number of pyridine rings is 1. The number of ether oxygens (including phenoxy) is 1. The zero-order valence-corrected chi connectivity index (χ0v) is 20.7. The summed E-state index contributed by atoms with van der Waals surface area (Å²) in [6.45, 7) is 4.43. The van der Waals surface area contributed by atoms with Crippen molar-refractivity contribution in [2.24, 2.45) is 0 Å². The number of hydrogen-bond acceptors (Lipinski definition) is 9. The van der Waals surface area contributed by atoms with Gasteiger partial charge in [-0.1, -0.05) is 13.3 Å². The van der Waals surface area contributed by atoms with Crippen molar-refractivity contribution >= 4 is 28.9 Å². The molecule has 4 heterocycles. The van der Waals surface area contributed by atoms with Crippen molar-refractivity contribution in [3.05, 3.63) is 29.7 Å². The van der Waals surface area contributed by atoms with Crippen molar-refractivity contribution in [1.82, 2.24) is 30.0 Å². The largest absolute Gasteiger partial charge is 0.496 e. The minimum Gasteiger partial charge on any atom is -0.496 e. The van der Waals surface area contributed by atoms with Gasteiger partial charge in [0.05, 0.1) is 19.9 Å². The van der Waals surface area contributed by atoms with Gasteiger partial charge in [0.25, 0.3) is 0 Å². The number of hydrogen-bond donors (Lipinski definition) is 5. The summed E-state index contributed by atoms with van der Waals surface area (Å²) >= 11 is 0. The third-order valence-electron chi connectivity index (χ3n) is 6.43. The molecule has 1 fully saturated rings. The molecule has 5 N–H and O–H groups in total. The van der Waals surface area contributed by atoms with E-state index >= 15 is 0 Å². The molecule has 36 heavy (non-hydrogen) atoms. The Morgan fingerprint density at radius 2 is 2.08 bits per heavy atom. The van der Waals surface area contributed by atoms with Gasteiger partial charge in [0.15, 0.2) is 5.82 Å². The molecule has 1 aliphatic heterocycles. The first-order chi connectivity index (χ1) is 17.5. The van der Waals surface area contributed by atoms with E-state index in [0.29, 0.717) is 35.7 Å². The Balaban J connectivity index is 1.69. The second-order valence-electron chi connectivity index (χ2n) is 8.95. The summed E-state index contributed by atoms with van der Waals surface area (Å²) in [7, 11) is 1.65. The summed E-state index contributed by atoms with van der Waals surface area (Å²) < 4.78 is 7.47. The summed E-state index contributed by atoms with van der Waals surface area (Å²) in [5.41, 5.74) is 3.02. The van der Waals surface area contributed by atoms with Gasteiger partial charge >= 0.3 is 6.09 Å². The first-order valence-corrected chi connectivity index (χ1v) is 12.4. The molecule has 0 saturated carbocycles. The second-order valence-corrected chi connectivity index (χ2v) is 8.95. The Morgan fingerprint density at radius 1 is 1.28 bits per heavy atom. The van der Waals surface area contributed by atoms with E-state index < -0.39 is 6.09 Å². The molecule has 12 heteroatoms. The van der Waals surface area contributed by atoms with E-state index in [9.17, 15) is 9.90 Å². The van der Waals surface area contributed by atoms with Crippen LogP contribution in [0, 0.1) is 0 Å². The fourth-order valence-electron chi connectivity index (χ4n) is 4.65. The van der Waals surface area contributed by atoms with Crippen molar-refractivity contribution < 1.29 is 19.7 Å². The molecule has 1 aliphatic rings. The second kappa shape index (κ2) is 12.0. The van der Waals surface area contributed by atoms with Crippen LogP contribution in [0.4, 0.5) is 16.6 Å². The smallest absolute Gasteiger partial charge is 0.411 e. The first-order valence-electron chi connectivity index (χ1n) is 12.4. The maximum Gasteiger partial charge on any atom is 0.411 e. The molecule has 12 nitrogen and oxygen atoms in total. The minimum absolute atomic E-state index is 0.0255. The van der Waals surface area contributed by atoms with Gasteiger partial charge in [0.2, 0.25) is 5.95 Å². The van der Waals surface area contributed by atoms with Gasteiger partial charge in [-0.2, -0.15) is 10.1 Å². The standard InChI is InChI=1S/C24H34N8O4/c1-3-4-17(7-10-33)28-22-21-19(29-23(30-22)31-24(34)35)13-27-32(21)14-16-12-26-18(11-20(16)36-2)15-5-8-25-9-6-15/h11-13,15,17,25,33H,3-10,14H2,1-2H3,(H,34,35)(H2,28,29,30,31)/t17-/m0/s1. The van der Waals surface area contributed by atoms with Crippen molar-refractivity contribution in [3.8, 4) is 5.75 Å². The van der Waals surface area contributed by atoms with Crippen LogP contribution >= 0.6 is 0 Å². The topological polar surface area (TPSA) is 159 Å².